The van der Waals surface area contributed by atoms with Crippen molar-refractivity contribution >= 4 is 40.0 Å². The minimum absolute atomic E-state index is 0.137. The summed E-state index contributed by atoms with van der Waals surface area (Å²) in [5.41, 5.74) is 6.45. The summed E-state index contributed by atoms with van der Waals surface area (Å²) in [6.07, 6.45) is 4.47. The zero-order chi connectivity index (χ0) is 34.6. The smallest absolute Gasteiger partial charge is 0.330 e. The molecule has 1 aliphatic heterocycles. The number of hydrogen-bond donors (Lipinski definition) is 2. The van der Waals surface area contributed by atoms with Gasteiger partial charge in [-0.2, -0.15) is 5.10 Å². The first-order chi connectivity index (χ1) is 23.6. The quantitative estimate of drug-likeness (QED) is 0.234. The van der Waals surface area contributed by atoms with Crippen LogP contribution < -0.4 is 21.3 Å². The number of fused-ring (bicyclic) bond motifs is 2. The molecule has 7 rings (SSSR count). The van der Waals surface area contributed by atoms with Gasteiger partial charge in [-0.15, -0.1) is 5.10 Å². The van der Waals surface area contributed by atoms with Crippen LogP contribution in [-0.2, 0) is 25.3 Å². The van der Waals surface area contributed by atoms with E-state index >= 15 is 0 Å². The molecule has 5 aromatic rings. The molecule has 3 aromatic heterocycles. The second kappa shape index (κ2) is 12.8. The van der Waals surface area contributed by atoms with Crippen LogP contribution in [0.1, 0.15) is 42.0 Å². The van der Waals surface area contributed by atoms with Crippen LogP contribution in [0.5, 0.6) is 5.88 Å². The maximum atomic E-state index is 13.1. The third-order valence-electron chi connectivity index (χ3n) is 10.1. The Morgan fingerprint density at radius 1 is 1.02 bits per heavy atom. The maximum absolute atomic E-state index is 13.1. The molecule has 1 atom stereocenters. The maximum Gasteiger partial charge on any atom is 0.330 e. The summed E-state index contributed by atoms with van der Waals surface area (Å²) < 4.78 is 8.29. The second-order valence-electron chi connectivity index (χ2n) is 12.7. The Hall–Kier alpha value is -5.07. The van der Waals surface area contributed by atoms with Crippen LogP contribution in [0.15, 0.2) is 58.3 Å². The van der Waals surface area contributed by atoms with E-state index in [0.717, 1.165) is 63.9 Å². The molecule has 0 saturated carbocycles. The number of nitrogens with zero attached hydrogens (tertiary/aromatic N) is 6. The van der Waals surface area contributed by atoms with Gasteiger partial charge in [0.2, 0.25) is 5.88 Å². The van der Waals surface area contributed by atoms with Gasteiger partial charge in [0, 0.05) is 42.5 Å². The van der Waals surface area contributed by atoms with Crippen LogP contribution in [0.4, 0.5) is 11.5 Å². The Bertz CT molecular complexity index is 2260. The minimum Gasteiger partial charge on any atom is -0.481 e. The van der Waals surface area contributed by atoms with Crippen molar-refractivity contribution in [2.24, 2.45) is 20.0 Å². The summed E-state index contributed by atoms with van der Waals surface area (Å²) in [4.78, 5) is 44.5. The highest BCUT2D eigenvalue weighted by Crippen LogP contribution is 2.45. The number of carboxylic acids is 1. The molecule has 2 N–H and O–H groups in total. The second-order valence-corrected chi connectivity index (χ2v) is 13.1. The summed E-state index contributed by atoms with van der Waals surface area (Å²) >= 11 is 7.19. The fraction of sp³-hybridized carbons (Fsp3) is 0.333. The number of aliphatic carboxylic acids is 1. The highest BCUT2D eigenvalue weighted by Gasteiger charge is 2.36. The SMILES string of the molecule is COc1nc(-c2cccc(-c3cccc(Nc4nncc5c4c(=O)n(C)c(=O)n5C)c3C)c2Cl)cc2c1C(N1CCC(C(=O)O)CC1)CC2. The van der Waals surface area contributed by atoms with Gasteiger partial charge in [-0.25, -0.2) is 9.78 Å². The van der Waals surface area contributed by atoms with E-state index in [1.54, 1.807) is 14.2 Å². The van der Waals surface area contributed by atoms with Gasteiger partial charge in [-0.1, -0.05) is 41.9 Å². The average Bonchev–Trinajstić information content (AvgIpc) is 3.55. The lowest BCUT2D eigenvalue weighted by molar-refractivity contribution is -0.143. The predicted octanol–water partition coefficient (Wildman–Crippen LogP) is 5.25. The van der Waals surface area contributed by atoms with E-state index in [1.165, 1.54) is 17.8 Å². The number of piperidine rings is 1. The first-order valence-electron chi connectivity index (χ1n) is 16.2. The first kappa shape index (κ1) is 32.5. The molecule has 12 nitrogen and oxygen atoms in total. The molecule has 13 heteroatoms. The Kier molecular flexibility index (Phi) is 8.45. The first-order valence-corrected chi connectivity index (χ1v) is 16.6. The molecule has 252 valence electrons. The summed E-state index contributed by atoms with van der Waals surface area (Å²) in [7, 11) is 4.66. The van der Waals surface area contributed by atoms with Crippen LogP contribution >= 0.6 is 11.6 Å². The number of methoxy groups -OCH3 is 1. The lowest BCUT2D eigenvalue weighted by atomic mass is 9.94. The molecule has 0 radical (unpaired) electrons. The highest BCUT2D eigenvalue weighted by atomic mass is 35.5. The topological polar surface area (TPSA) is 144 Å². The minimum atomic E-state index is -0.715. The Morgan fingerprint density at radius 2 is 1.73 bits per heavy atom. The van der Waals surface area contributed by atoms with Crippen LogP contribution in [0.3, 0.4) is 0 Å². The van der Waals surface area contributed by atoms with E-state index in [4.69, 9.17) is 21.3 Å². The molecule has 2 aromatic carbocycles. The van der Waals surface area contributed by atoms with Crippen LogP contribution in [0.25, 0.3) is 33.3 Å². The predicted molar refractivity (Wildman–Crippen MR) is 188 cm³/mol. The van der Waals surface area contributed by atoms with E-state index in [0.29, 0.717) is 40.6 Å². The standard InChI is InChI=1S/C36H36ClN7O5/c1-19-22(7-6-10-25(19)39-32-30-28(18-38-41-32)42(2)36(48)43(3)34(30)45)23-8-5-9-24(31(23)37)26-17-21-11-12-27(29(21)33(40-26)49-4)44-15-13-20(14-16-44)35(46)47/h5-10,17-18,20,27H,11-16H2,1-4H3,(H,39,41)(H,46,47). The number of carbonyl (C=O) groups is 1. The number of halogens is 1. The molecule has 2 aliphatic rings. The lowest BCUT2D eigenvalue weighted by Crippen LogP contribution is -2.38. The molecule has 1 aliphatic carbocycles. The molecule has 1 saturated heterocycles. The number of aryl methyl sites for hydroxylation is 2. The molecule has 1 fully saturated rings. The number of aromatic nitrogens is 5. The van der Waals surface area contributed by atoms with E-state index < -0.39 is 17.2 Å². The van der Waals surface area contributed by atoms with E-state index in [9.17, 15) is 19.5 Å². The molecule has 0 amide bonds. The van der Waals surface area contributed by atoms with Gasteiger partial charge < -0.3 is 15.2 Å². The number of rotatable bonds is 7. The Balaban J connectivity index is 1.23. The van der Waals surface area contributed by atoms with Crippen molar-refractivity contribution in [1.82, 2.24) is 29.2 Å². The van der Waals surface area contributed by atoms with Crippen LogP contribution in [-0.4, -0.2) is 60.5 Å². The average molecular weight is 682 g/mol. The van der Waals surface area contributed by atoms with Crippen molar-refractivity contribution in [3.05, 3.63) is 91.2 Å². The molecule has 4 heterocycles. The zero-order valence-electron chi connectivity index (χ0n) is 27.7. The van der Waals surface area contributed by atoms with Crippen LogP contribution in [0.2, 0.25) is 5.02 Å². The van der Waals surface area contributed by atoms with Crippen molar-refractivity contribution in [3.63, 3.8) is 0 Å². The third kappa shape index (κ3) is 5.54. The van der Waals surface area contributed by atoms with Gasteiger partial charge in [-0.3, -0.25) is 23.6 Å². The summed E-state index contributed by atoms with van der Waals surface area (Å²) in [5.74, 6) is -0.189. The molecular formula is C36H36ClN7O5. The molecular weight excluding hydrogens is 646 g/mol. The van der Waals surface area contributed by atoms with Crippen molar-refractivity contribution in [2.75, 3.05) is 25.5 Å². The number of benzene rings is 2. The monoisotopic (exact) mass is 681 g/mol. The summed E-state index contributed by atoms with van der Waals surface area (Å²) in [6, 6.07) is 13.9. The summed E-state index contributed by atoms with van der Waals surface area (Å²) in [5, 5.41) is 21.8. The number of nitrogens with one attached hydrogen (secondary N) is 1. The van der Waals surface area contributed by atoms with Crippen molar-refractivity contribution in [2.45, 2.75) is 38.6 Å². The molecule has 49 heavy (non-hydrogen) atoms. The summed E-state index contributed by atoms with van der Waals surface area (Å²) in [6.45, 7) is 3.43. The number of likely N-dealkylation sites (tertiary alicyclic amines) is 1. The highest BCUT2D eigenvalue weighted by molar-refractivity contribution is 6.36. The van der Waals surface area contributed by atoms with Gasteiger partial charge >= 0.3 is 11.7 Å². The van der Waals surface area contributed by atoms with E-state index in [2.05, 4.69) is 26.5 Å². The van der Waals surface area contributed by atoms with E-state index in [-0.39, 0.29) is 23.2 Å². The van der Waals surface area contributed by atoms with Crippen molar-refractivity contribution < 1.29 is 14.6 Å². The van der Waals surface area contributed by atoms with Gasteiger partial charge in [0.05, 0.1) is 35.5 Å². The number of pyridine rings is 1. The largest absolute Gasteiger partial charge is 0.481 e. The lowest BCUT2D eigenvalue weighted by Gasteiger charge is -2.35. The molecule has 1 unspecified atom stereocenters. The number of anilines is 2. The van der Waals surface area contributed by atoms with Crippen molar-refractivity contribution in [1.29, 1.82) is 0 Å². The Morgan fingerprint density at radius 3 is 2.47 bits per heavy atom. The van der Waals surface area contributed by atoms with Crippen molar-refractivity contribution in [3.8, 4) is 28.3 Å². The van der Waals surface area contributed by atoms with Gasteiger partial charge in [0.25, 0.3) is 5.56 Å². The van der Waals surface area contributed by atoms with Gasteiger partial charge in [-0.05, 0) is 74.5 Å². The van der Waals surface area contributed by atoms with E-state index in [1.807, 2.05) is 43.3 Å². The number of carboxylic acid groups (broad SMARTS) is 1. The van der Waals surface area contributed by atoms with Gasteiger partial charge in [0.1, 0.15) is 5.39 Å². The molecule has 0 spiro atoms. The normalized spacial score (nSPS) is 16.6. The van der Waals surface area contributed by atoms with Gasteiger partial charge in [0.15, 0.2) is 5.82 Å². The number of ether oxygens (including phenoxy) is 1. The fourth-order valence-electron chi connectivity index (χ4n) is 7.34. The molecule has 0 bridgehead atoms. The zero-order valence-corrected chi connectivity index (χ0v) is 28.4. The fourth-order valence-corrected chi connectivity index (χ4v) is 7.66. The Labute approximate surface area is 287 Å². The number of hydrogen-bond acceptors (Lipinski definition) is 9. The van der Waals surface area contributed by atoms with Crippen LogP contribution in [0, 0.1) is 12.8 Å². The third-order valence-corrected chi connectivity index (χ3v) is 10.5.